The molecular formula is C21H19ClN4O4. The van der Waals surface area contributed by atoms with E-state index in [4.69, 9.17) is 11.6 Å². The zero-order chi connectivity index (χ0) is 21.3. The number of aromatic nitrogens is 1. The molecule has 1 aromatic heterocycles. The van der Waals surface area contributed by atoms with Gasteiger partial charge in [-0.2, -0.15) is 0 Å². The Balaban J connectivity index is 1.46. The van der Waals surface area contributed by atoms with E-state index in [1.54, 1.807) is 42.6 Å². The predicted octanol–water partition coefficient (Wildman–Crippen LogP) is 3.30. The van der Waals surface area contributed by atoms with Crippen LogP contribution >= 0.6 is 11.6 Å². The summed E-state index contributed by atoms with van der Waals surface area (Å²) in [7, 11) is 0. The topological polar surface area (TPSA) is 112 Å². The monoisotopic (exact) mass is 426 g/mol. The third-order valence-electron chi connectivity index (χ3n) is 4.96. The second kappa shape index (κ2) is 8.08. The van der Waals surface area contributed by atoms with Gasteiger partial charge in [0.1, 0.15) is 6.04 Å². The molecule has 2 aromatic carbocycles. The zero-order valence-corrected chi connectivity index (χ0v) is 16.6. The molecular weight excluding hydrogens is 408 g/mol. The van der Waals surface area contributed by atoms with Crippen LogP contribution in [0.3, 0.4) is 0 Å². The van der Waals surface area contributed by atoms with Gasteiger partial charge in [0.05, 0.1) is 0 Å². The molecule has 0 aliphatic carbocycles. The summed E-state index contributed by atoms with van der Waals surface area (Å²) < 4.78 is 1.48. The standard InChI is InChI=1S/C21H19ClN4O4/c22-14-2-1-3-15(9-14)24-21(30)23-10-12-4-5-16-13(8-12)11-26(20(16)29)17-6-7-18(27)25-19(17)28/h1-5,8-9,11,17,29H,6-7,10H2,(H2,23,24,30)(H,25,27,28). The fourth-order valence-corrected chi connectivity index (χ4v) is 3.68. The molecule has 9 heteroatoms. The van der Waals surface area contributed by atoms with E-state index in [0.717, 1.165) is 10.9 Å². The number of nitrogens with zero attached hydrogens (tertiary/aromatic N) is 1. The highest BCUT2D eigenvalue weighted by Crippen LogP contribution is 2.33. The summed E-state index contributed by atoms with van der Waals surface area (Å²) in [5, 5.41) is 20.1. The van der Waals surface area contributed by atoms with E-state index >= 15 is 0 Å². The molecule has 4 N–H and O–H groups in total. The Labute approximate surface area is 176 Å². The number of anilines is 1. The molecule has 4 amide bonds. The van der Waals surface area contributed by atoms with Crippen LogP contribution in [-0.2, 0) is 16.1 Å². The Morgan fingerprint density at radius 2 is 2.07 bits per heavy atom. The van der Waals surface area contributed by atoms with Crippen molar-refractivity contribution in [2.45, 2.75) is 25.4 Å². The lowest BCUT2D eigenvalue weighted by atomic mass is 10.1. The van der Waals surface area contributed by atoms with Gasteiger partial charge in [-0.25, -0.2) is 4.79 Å². The first-order chi connectivity index (χ1) is 14.4. The normalized spacial score (nSPS) is 16.4. The minimum atomic E-state index is -0.639. The summed E-state index contributed by atoms with van der Waals surface area (Å²) in [6.07, 6.45) is 2.23. The first kappa shape index (κ1) is 19.8. The lowest BCUT2D eigenvalue weighted by Crippen LogP contribution is -2.41. The average Bonchev–Trinajstić information content (AvgIpc) is 3.02. The van der Waals surface area contributed by atoms with Gasteiger partial charge < -0.3 is 20.3 Å². The third kappa shape index (κ3) is 4.08. The van der Waals surface area contributed by atoms with Crippen LogP contribution in [0.15, 0.2) is 48.7 Å². The number of piperidine rings is 1. The molecule has 1 aliphatic heterocycles. The number of carbonyl (C=O) groups is 3. The molecule has 1 atom stereocenters. The molecule has 1 unspecified atom stereocenters. The second-order valence-corrected chi connectivity index (χ2v) is 7.50. The fourth-order valence-electron chi connectivity index (χ4n) is 3.49. The van der Waals surface area contributed by atoms with Crippen molar-refractivity contribution in [3.8, 4) is 5.88 Å². The van der Waals surface area contributed by atoms with Crippen molar-refractivity contribution in [1.29, 1.82) is 0 Å². The van der Waals surface area contributed by atoms with Crippen LogP contribution in [0, 0.1) is 0 Å². The van der Waals surface area contributed by atoms with E-state index < -0.39 is 11.9 Å². The van der Waals surface area contributed by atoms with Crippen molar-refractivity contribution >= 4 is 45.9 Å². The van der Waals surface area contributed by atoms with Crippen LogP contribution in [0.5, 0.6) is 5.88 Å². The quantitative estimate of drug-likeness (QED) is 0.479. The van der Waals surface area contributed by atoms with Crippen LogP contribution < -0.4 is 16.0 Å². The third-order valence-corrected chi connectivity index (χ3v) is 5.20. The number of hydrogen-bond acceptors (Lipinski definition) is 4. The molecule has 0 saturated carbocycles. The number of fused-ring (bicyclic) bond motifs is 1. The fraction of sp³-hybridized carbons (Fsp3) is 0.190. The Morgan fingerprint density at radius 1 is 1.23 bits per heavy atom. The van der Waals surface area contributed by atoms with Gasteiger partial charge in [0.15, 0.2) is 5.88 Å². The van der Waals surface area contributed by atoms with Gasteiger partial charge >= 0.3 is 6.03 Å². The average molecular weight is 427 g/mol. The van der Waals surface area contributed by atoms with Crippen LogP contribution in [0.2, 0.25) is 5.02 Å². The van der Waals surface area contributed by atoms with Crippen LogP contribution in [0.25, 0.3) is 10.8 Å². The zero-order valence-electron chi connectivity index (χ0n) is 15.8. The van der Waals surface area contributed by atoms with Gasteiger partial charge in [0.25, 0.3) is 0 Å². The van der Waals surface area contributed by atoms with Crippen molar-refractivity contribution in [3.05, 3.63) is 59.2 Å². The summed E-state index contributed by atoms with van der Waals surface area (Å²) in [6, 6.07) is 11.2. The summed E-state index contributed by atoms with van der Waals surface area (Å²) in [5.41, 5.74) is 1.41. The van der Waals surface area contributed by atoms with Crippen molar-refractivity contribution in [1.82, 2.24) is 15.2 Å². The first-order valence-electron chi connectivity index (χ1n) is 9.37. The largest absolute Gasteiger partial charge is 0.494 e. The molecule has 2 heterocycles. The predicted molar refractivity (Wildman–Crippen MR) is 112 cm³/mol. The van der Waals surface area contributed by atoms with E-state index in [1.807, 2.05) is 6.07 Å². The van der Waals surface area contributed by atoms with Gasteiger partial charge in [0, 0.05) is 40.6 Å². The van der Waals surface area contributed by atoms with Crippen LogP contribution in [0.4, 0.5) is 10.5 Å². The Hall–Kier alpha value is -3.52. The molecule has 8 nitrogen and oxygen atoms in total. The van der Waals surface area contributed by atoms with Gasteiger partial charge in [-0.05, 0) is 42.3 Å². The summed E-state index contributed by atoms with van der Waals surface area (Å²) in [5.74, 6) is -0.768. The molecule has 0 spiro atoms. The van der Waals surface area contributed by atoms with Gasteiger partial charge in [-0.3, -0.25) is 14.9 Å². The van der Waals surface area contributed by atoms with Gasteiger partial charge in [-0.15, -0.1) is 0 Å². The summed E-state index contributed by atoms with van der Waals surface area (Å²) in [4.78, 5) is 35.6. The van der Waals surface area contributed by atoms with Crippen molar-refractivity contribution in [3.63, 3.8) is 0 Å². The highest BCUT2D eigenvalue weighted by Gasteiger charge is 2.30. The van der Waals surface area contributed by atoms with Crippen molar-refractivity contribution in [2.75, 3.05) is 5.32 Å². The maximum absolute atomic E-state index is 12.1. The molecule has 3 aromatic rings. The number of hydrogen-bond donors (Lipinski definition) is 4. The van der Waals surface area contributed by atoms with E-state index in [9.17, 15) is 19.5 Å². The number of halogens is 1. The number of aromatic hydroxyl groups is 1. The van der Waals surface area contributed by atoms with E-state index in [0.29, 0.717) is 22.5 Å². The Bertz CT molecular complexity index is 1160. The van der Waals surface area contributed by atoms with Crippen LogP contribution in [-0.4, -0.2) is 27.5 Å². The minimum Gasteiger partial charge on any atom is -0.494 e. The number of rotatable bonds is 4. The van der Waals surface area contributed by atoms with Crippen LogP contribution in [0.1, 0.15) is 24.4 Å². The molecule has 0 radical (unpaired) electrons. The number of amides is 4. The van der Waals surface area contributed by atoms with Crippen molar-refractivity contribution in [2.24, 2.45) is 0 Å². The minimum absolute atomic E-state index is 0.0299. The molecule has 4 rings (SSSR count). The lowest BCUT2D eigenvalue weighted by Gasteiger charge is -2.22. The number of imide groups is 1. The molecule has 1 saturated heterocycles. The SMILES string of the molecule is O=C1CCC(n2cc3cc(CNC(=O)Nc4cccc(Cl)c4)ccc3c2O)C(=O)N1. The molecule has 1 aliphatic rings. The lowest BCUT2D eigenvalue weighted by molar-refractivity contribution is -0.135. The molecule has 0 bridgehead atoms. The summed E-state index contributed by atoms with van der Waals surface area (Å²) in [6.45, 7) is 0.271. The number of nitrogens with one attached hydrogen (secondary N) is 3. The molecule has 30 heavy (non-hydrogen) atoms. The number of urea groups is 1. The number of carbonyl (C=O) groups excluding carboxylic acids is 3. The molecule has 154 valence electrons. The molecule has 1 fully saturated rings. The Morgan fingerprint density at radius 3 is 2.83 bits per heavy atom. The highest BCUT2D eigenvalue weighted by atomic mass is 35.5. The van der Waals surface area contributed by atoms with Gasteiger partial charge in [0.2, 0.25) is 11.8 Å². The smallest absolute Gasteiger partial charge is 0.319 e. The maximum atomic E-state index is 12.1. The second-order valence-electron chi connectivity index (χ2n) is 7.07. The van der Waals surface area contributed by atoms with E-state index in [2.05, 4.69) is 16.0 Å². The van der Waals surface area contributed by atoms with Gasteiger partial charge in [-0.1, -0.05) is 23.7 Å². The number of benzene rings is 2. The Kier molecular flexibility index (Phi) is 5.33. The van der Waals surface area contributed by atoms with E-state index in [1.165, 1.54) is 4.57 Å². The summed E-state index contributed by atoms with van der Waals surface area (Å²) >= 11 is 5.91. The highest BCUT2D eigenvalue weighted by molar-refractivity contribution is 6.30. The first-order valence-corrected chi connectivity index (χ1v) is 9.75. The maximum Gasteiger partial charge on any atom is 0.319 e. The van der Waals surface area contributed by atoms with E-state index in [-0.39, 0.29) is 30.8 Å². The van der Waals surface area contributed by atoms with Crippen molar-refractivity contribution < 1.29 is 19.5 Å².